The molecular formula is C28H23NO4S. The number of rotatable bonds is 8. The zero-order chi connectivity index (χ0) is 24.0. The van der Waals surface area contributed by atoms with E-state index in [1.807, 2.05) is 42.5 Å². The Morgan fingerprint density at radius 3 is 2.15 bits per heavy atom. The summed E-state index contributed by atoms with van der Waals surface area (Å²) in [6.45, 7) is 0. The maximum absolute atomic E-state index is 13.1. The van der Waals surface area contributed by atoms with Gasteiger partial charge in [-0.2, -0.15) is 0 Å². The number of ketones is 1. The third kappa shape index (κ3) is 5.79. The second-order valence-electron chi connectivity index (χ2n) is 7.74. The van der Waals surface area contributed by atoms with E-state index in [4.69, 9.17) is 0 Å². The lowest BCUT2D eigenvalue weighted by Gasteiger charge is -2.13. The van der Waals surface area contributed by atoms with Gasteiger partial charge in [0.2, 0.25) is 0 Å². The molecule has 0 aliphatic heterocycles. The minimum atomic E-state index is -3.82. The highest BCUT2D eigenvalue weighted by atomic mass is 32.2. The Morgan fingerprint density at radius 2 is 1.44 bits per heavy atom. The molecule has 0 saturated heterocycles. The van der Waals surface area contributed by atoms with Gasteiger partial charge in [0.15, 0.2) is 5.78 Å². The van der Waals surface area contributed by atoms with Gasteiger partial charge in [-0.15, -0.1) is 0 Å². The minimum absolute atomic E-state index is 0.157. The van der Waals surface area contributed by atoms with Gasteiger partial charge in [-0.1, -0.05) is 66.7 Å². The molecule has 0 atom stereocenters. The molecule has 0 aromatic heterocycles. The average molecular weight is 470 g/mol. The molecule has 0 aliphatic carbocycles. The van der Waals surface area contributed by atoms with Gasteiger partial charge in [-0.25, -0.2) is 8.42 Å². The van der Waals surface area contributed by atoms with Gasteiger partial charge >= 0.3 is 0 Å². The van der Waals surface area contributed by atoms with Crippen molar-refractivity contribution in [1.82, 2.24) is 0 Å². The fourth-order valence-electron chi connectivity index (χ4n) is 3.49. The van der Waals surface area contributed by atoms with Crippen LogP contribution in [0.1, 0.15) is 27.0 Å². The predicted molar refractivity (Wildman–Crippen MR) is 134 cm³/mol. The van der Waals surface area contributed by atoms with E-state index >= 15 is 0 Å². The van der Waals surface area contributed by atoms with Crippen LogP contribution in [0.25, 0.3) is 6.08 Å². The Balaban J connectivity index is 1.48. The Bertz CT molecular complexity index is 1410. The molecule has 170 valence electrons. The van der Waals surface area contributed by atoms with E-state index in [1.165, 1.54) is 6.08 Å². The Morgan fingerprint density at radius 1 is 0.794 bits per heavy atom. The van der Waals surface area contributed by atoms with E-state index in [1.54, 1.807) is 66.7 Å². The van der Waals surface area contributed by atoms with Crippen molar-refractivity contribution in [2.75, 3.05) is 4.72 Å². The predicted octanol–water partition coefficient (Wildman–Crippen LogP) is 5.68. The van der Waals surface area contributed by atoms with Crippen molar-refractivity contribution < 1.29 is 18.3 Å². The van der Waals surface area contributed by atoms with Gasteiger partial charge in [0.25, 0.3) is 10.0 Å². The lowest BCUT2D eigenvalue weighted by Crippen LogP contribution is -2.15. The van der Waals surface area contributed by atoms with Crippen molar-refractivity contribution in [3.05, 3.63) is 131 Å². The standard InChI is InChI=1S/C28H23NO4S/c30-26-17-10-21(11-18-26)12-19-27(31)23-13-15-25(16-14-23)29-34(32,33)28-9-5-4-8-24(28)20-22-6-2-1-3-7-22/h1-19,29-30H,20H2/b19-12+. The number of carbonyl (C=O) groups is 1. The summed E-state index contributed by atoms with van der Waals surface area (Å²) in [5, 5.41) is 9.33. The van der Waals surface area contributed by atoms with Crippen LogP contribution in [-0.4, -0.2) is 19.3 Å². The van der Waals surface area contributed by atoms with Crippen molar-refractivity contribution in [2.45, 2.75) is 11.3 Å². The van der Waals surface area contributed by atoms with Crippen LogP contribution in [0, 0.1) is 0 Å². The lowest BCUT2D eigenvalue weighted by atomic mass is 10.1. The second kappa shape index (κ2) is 10.2. The summed E-state index contributed by atoms with van der Waals surface area (Å²) in [5.74, 6) is -0.0557. The van der Waals surface area contributed by atoms with Crippen LogP contribution in [0.15, 0.2) is 114 Å². The first-order valence-electron chi connectivity index (χ1n) is 10.7. The topological polar surface area (TPSA) is 83.5 Å². The van der Waals surface area contributed by atoms with Crippen LogP contribution >= 0.6 is 0 Å². The summed E-state index contributed by atoms with van der Waals surface area (Å²) >= 11 is 0. The molecule has 4 rings (SSSR count). The van der Waals surface area contributed by atoms with E-state index in [0.29, 0.717) is 23.2 Å². The molecule has 0 unspecified atom stereocenters. The smallest absolute Gasteiger partial charge is 0.262 e. The van der Waals surface area contributed by atoms with Crippen molar-refractivity contribution in [3.8, 4) is 5.75 Å². The number of sulfonamides is 1. The molecule has 34 heavy (non-hydrogen) atoms. The van der Waals surface area contributed by atoms with Crippen molar-refractivity contribution in [2.24, 2.45) is 0 Å². The van der Waals surface area contributed by atoms with Crippen LogP contribution in [-0.2, 0) is 16.4 Å². The van der Waals surface area contributed by atoms with Gasteiger partial charge < -0.3 is 5.11 Å². The number of nitrogens with one attached hydrogen (secondary N) is 1. The summed E-state index contributed by atoms with van der Waals surface area (Å²) in [7, 11) is -3.82. The van der Waals surface area contributed by atoms with E-state index < -0.39 is 10.0 Å². The SMILES string of the molecule is O=C(/C=C/c1ccc(O)cc1)c1ccc(NS(=O)(=O)c2ccccc2Cc2ccccc2)cc1. The molecule has 0 amide bonds. The molecule has 0 radical (unpaired) electrons. The molecule has 4 aromatic rings. The largest absolute Gasteiger partial charge is 0.508 e. The molecule has 0 bridgehead atoms. The number of hydrogen-bond acceptors (Lipinski definition) is 4. The number of phenolic OH excluding ortho intramolecular Hbond substituents is 1. The van der Waals surface area contributed by atoms with Crippen LogP contribution in [0.3, 0.4) is 0 Å². The van der Waals surface area contributed by atoms with Crippen molar-refractivity contribution >= 4 is 27.6 Å². The first kappa shape index (κ1) is 23.0. The van der Waals surface area contributed by atoms with Crippen LogP contribution in [0.5, 0.6) is 5.75 Å². The fourth-order valence-corrected chi connectivity index (χ4v) is 4.79. The third-order valence-corrected chi connectivity index (χ3v) is 6.72. The van der Waals surface area contributed by atoms with Gasteiger partial charge in [0.05, 0.1) is 4.90 Å². The Kier molecular flexibility index (Phi) is 6.90. The summed E-state index contributed by atoms with van der Waals surface area (Å²) in [5.41, 5.74) is 3.31. The Hall–Kier alpha value is -4.16. The average Bonchev–Trinajstić information content (AvgIpc) is 2.85. The zero-order valence-corrected chi connectivity index (χ0v) is 19.1. The number of carbonyl (C=O) groups excluding carboxylic acids is 1. The molecular weight excluding hydrogens is 446 g/mol. The van der Waals surface area contributed by atoms with E-state index in [2.05, 4.69) is 4.72 Å². The molecule has 6 heteroatoms. The summed E-state index contributed by atoms with van der Waals surface area (Å²) < 4.78 is 28.8. The second-order valence-corrected chi connectivity index (χ2v) is 9.39. The molecule has 4 aromatic carbocycles. The molecule has 0 fully saturated rings. The highest BCUT2D eigenvalue weighted by Gasteiger charge is 2.18. The van der Waals surface area contributed by atoms with Crippen molar-refractivity contribution in [3.63, 3.8) is 0 Å². The van der Waals surface area contributed by atoms with E-state index in [9.17, 15) is 18.3 Å². The van der Waals surface area contributed by atoms with Gasteiger partial charge in [0.1, 0.15) is 5.75 Å². The van der Waals surface area contributed by atoms with Crippen LogP contribution in [0.4, 0.5) is 5.69 Å². The third-order valence-electron chi connectivity index (χ3n) is 5.24. The highest BCUT2D eigenvalue weighted by Crippen LogP contribution is 2.23. The maximum atomic E-state index is 13.1. The van der Waals surface area contributed by atoms with Crippen LogP contribution < -0.4 is 4.72 Å². The summed E-state index contributed by atoms with van der Waals surface area (Å²) in [6, 6.07) is 29.4. The number of benzene rings is 4. The number of aromatic hydroxyl groups is 1. The number of hydrogen-bond donors (Lipinski definition) is 2. The Labute approximate surface area is 199 Å². The first-order chi connectivity index (χ1) is 16.4. The molecule has 2 N–H and O–H groups in total. The van der Waals surface area contributed by atoms with E-state index in [0.717, 1.165) is 11.1 Å². The molecule has 0 spiro atoms. The lowest BCUT2D eigenvalue weighted by molar-refractivity contribution is 0.104. The molecule has 0 saturated carbocycles. The minimum Gasteiger partial charge on any atom is -0.508 e. The normalized spacial score (nSPS) is 11.4. The van der Waals surface area contributed by atoms with E-state index in [-0.39, 0.29) is 16.4 Å². The fraction of sp³-hybridized carbons (Fsp3) is 0.0357. The zero-order valence-electron chi connectivity index (χ0n) is 18.3. The number of phenols is 1. The van der Waals surface area contributed by atoms with Gasteiger partial charge in [0, 0.05) is 11.3 Å². The van der Waals surface area contributed by atoms with Gasteiger partial charge in [-0.3, -0.25) is 9.52 Å². The maximum Gasteiger partial charge on any atom is 0.262 e. The number of anilines is 1. The summed E-state index contributed by atoms with van der Waals surface area (Å²) in [6.07, 6.45) is 3.59. The molecule has 0 aliphatic rings. The number of allylic oxidation sites excluding steroid dienone is 1. The van der Waals surface area contributed by atoms with Gasteiger partial charge in [-0.05, 0) is 71.7 Å². The highest BCUT2D eigenvalue weighted by molar-refractivity contribution is 7.92. The monoisotopic (exact) mass is 469 g/mol. The van der Waals surface area contributed by atoms with Crippen LogP contribution in [0.2, 0.25) is 0 Å². The first-order valence-corrected chi connectivity index (χ1v) is 12.2. The quantitative estimate of drug-likeness (QED) is 0.257. The molecule has 5 nitrogen and oxygen atoms in total. The van der Waals surface area contributed by atoms with Crippen molar-refractivity contribution in [1.29, 1.82) is 0 Å². The summed E-state index contributed by atoms with van der Waals surface area (Å²) in [4.78, 5) is 12.7. The molecule has 0 heterocycles.